The summed E-state index contributed by atoms with van der Waals surface area (Å²) in [6.45, 7) is 7.02. The van der Waals surface area contributed by atoms with Gasteiger partial charge in [0.1, 0.15) is 5.76 Å². The van der Waals surface area contributed by atoms with E-state index in [-0.39, 0.29) is 0 Å². The lowest BCUT2D eigenvalue weighted by Crippen LogP contribution is -1.79. The molecule has 0 aromatic heterocycles. The molecule has 0 aromatic rings. The van der Waals surface area contributed by atoms with Crippen molar-refractivity contribution in [3.05, 3.63) is 23.4 Å². The molecule has 0 unspecified atom stereocenters. The molecule has 0 aromatic carbocycles. The van der Waals surface area contributed by atoms with E-state index in [9.17, 15) is 0 Å². The molecular formula is C5H7BrO. The number of hydrogen-bond acceptors (Lipinski definition) is 1. The van der Waals surface area contributed by atoms with E-state index in [0.717, 1.165) is 0 Å². The highest BCUT2D eigenvalue weighted by atomic mass is 79.9. The molecule has 40 valence electrons. The van der Waals surface area contributed by atoms with Crippen LogP contribution in [0.1, 0.15) is 0 Å². The van der Waals surface area contributed by atoms with Crippen LogP contribution in [0.4, 0.5) is 0 Å². The molecule has 0 spiro atoms. The molecule has 0 fully saturated rings. The third-order valence-corrected chi connectivity index (χ3v) is 0.991. The van der Waals surface area contributed by atoms with Crippen LogP contribution in [0, 0.1) is 0 Å². The molecule has 0 saturated heterocycles. The molecule has 0 radical (unpaired) electrons. The van der Waals surface area contributed by atoms with Crippen molar-refractivity contribution in [2.45, 2.75) is 0 Å². The first-order valence-electron chi connectivity index (χ1n) is 1.76. The zero-order valence-corrected chi connectivity index (χ0v) is 5.79. The molecule has 2 heteroatoms. The van der Waals surface area contributed by atoms with E-state index >= 15 is 0 Å². The molecule has 0 aliphatic carbocycles. The standard InChI is InChI=1S/C5H7BrO/c1-4(6)5(2)7-3/h1-2H2,3H3. The molecule has 0 aliphatic heterocycles. The second-order valence-corrected chi connectivity index (χ2v) is 1.99. The van der Waals surface area contributed by atoms with Crippen molar-refractivity contribution in [2.75, 3.05) is 7.11 Å². The zero-order chi connectivity index (χ0) is 5.86. The van der Waals surface area contributed by atoms with E-state index < -0.39 is 0 Å². The molecular weight excluding hydrogens is 156 g/mol. The number of rotatable bonds is 2. The van der Waals surface area contributed by atoms with Crippen molar-refractivity contribution in [2.24, 2.45) is 0 Å². The van der Waals surface area contributed by atoms with Crippen molar-refractivity contribution in [3.63, 3.8) is 0 Å². The average Bonchev–Trinajstić information content (AvgIpc) is 1.65. The van der Waals surface area contributed by atoms with Crippen LogP contribution in [0.25, 0.3) is 0 Å². The number of allylic oxidation sites excluding steroid dienone is 1. The van der Waals surface area contributed by atoms with Crippen LogP contribution < -0.4 is 0 Å². The normalized spacial score (nSPS) is 7.71. The van der Waals surface area contributed by atoms with Gasteiger partial charge in [0.15, 0.2) is 0 Å². The summed E-state index contributed by atoms with van der Waals surface area (Å²) in [7, 11) is 1.55. The largest absolute Gasteiger partial charge is 0.496 e. The predicted octanol–water partition coefficient (Wildman–Crippen LogP) is 2.06. The Bertz CT molecular complexity index is 96.3. The van der Waals surface area contributed by atoms with Gasteiger partial charge in [0, 0.05) is 0 Å². The fourth-order valence-electron chi connectivity index (χ4n) is 0.111. The third-order valence-electron chi connectivity index (χ3n) is 0.549. The van der Waals surface area contributed by atoms with Gasteiger partial charge in [-0.3, -0.25) is 0 Å². The highest BCUT2D eigenvalue weighted by molar-refractivity contribution is 9.11. The highest BCUT2D eigenvalue weighted by Crippen LogP contribution is 2.11. The minimum Gasteiger partial charge on any atom is -0.496 e. The first kappa shape index (κ1) is 6.76. The van der Waals surface area contributed by atoms with Crippen LogP contribution in [-0.2, 0) is 4.74 Å². The Kier molecular flexibility index (Phi) is 2.76. The van der Waals surface area contributed by atoms with Gasteiger partial charge in [0.25, 0.3) is 0 Å². The lowest BCUT2D eigenvalue weighted by atomic mass is 10.6. The Labute approximate surface area is 51.8 Å². The maximum Gasteiger partial charge on any atom is 0.125 e. The number of methoxy groups -OCH3 is 1. The van der Waals surface area contributed by atoms with Crippen LogP contribution in [0.2, 0.25) is 0 Å². The molecule has 0 heterocycles. The third kappa shape index (κ3) is 2.45. The van der Waals surface area contributed by atoms with Crippen LogP contribution in [0.5, 0.6) is 0 Å². The fraction of sp³-hybridized carbons (Fsp3) is 0.200. The summed E-state index contributed by atoms with van der Waals surface area (Å²) < 4.78 is 5.36. The minimum atomic E-state index is 0.569. The average molecular weight is 163 g/mol. The van der Waals surface area contributed by atoms with Gasteiger partial charge in [-0.2, -0.15) is 0 Å². The second-order valence-electron chi connectivity index (χ2n) is 1.03. The topological polar surface area (TPSA) is 9.23 Å². The molecule has 0 saturated carbocycles. The highest BCUT2D eigenvalue weighted by Gasteiger charge is 1.88. The lowest BCUT2D eigenvalue weighted by Gasteiger charge is -1.97. The van der Waals surface area contributed by atoms with Gasteiger partial charge < -0.3 is 4.74 Å². The van der Waals surface area contributed by atoms with Gasteiger partial charge in [0.2, 0.25) is 0 Å². The fourth-order valence-corrected chi connectivity index (χ4v) is 0.273. The van der Waals surface area contributed by atoms with Crippen molar-refractivity contribution in [3.8, 4) is 0 Å². The summed E-state index contributed by atoms with van der Waals surface area (Å²) in [5, 5.41) is 0. The van der Waals surface area contributed by atoms with Gasteiger partial charge in [-0.05, 0) is 15.9 Å². The molecule has 0 bridgehead atoms. The monoisotopic (exact) mass is 162 g/mol. The summed E-state index contributed by atoms with van der Waals surface area (Å²) >= 11 is 3.08. The van der Waals surface area contributed by atoms with Gasteiger partial charge in [-0.25, -0.2) is 0 Å². The van der Waals surface area contributed by atoms with Gasteiger partial charge in [-0.15, -0.1) is 0 Å². The molecule has 1 nitrogen and oxygen atoms in total. The number of halogens is 1. The van der Waals surface area contributed by atoms with E-state index in [1.165, 1.54) is 0 Å². The molecule has 0 rings (SSSR count). The first-order chi connectivity index (χ1) is 3.18. The van der Waals surface area contributed by atoms with Crippen molar-refractivity contribution in [1.82, 2.24) is 0 Å². The van der Waals surface area contributed by atoms with Crippen LogP contribution in [0.15, 0.2) is 23.4 Å². The van der Waals surface area contributed by atoms with Crippen LogP contribution >= 0.6 is 15.9 Å². The van der Waals surface area contributed by atoms with Crippen molar-refractivity contribution < 1.29 is 4.74 Å². The molecule has 0 amide bonds. The van der Waals surface area contributed by atoms with E-state index in [0.29, 0.717) is 10.2 Å². The summed E-state index contributed by atoms with van der Waals surface area (Å²) in [5.74, 6) is 0.569. The quantitative estimate of drug-likeness (QED) is 0.447. The summed E-state index contributed by atoms with van der Waals surface area (Å²) in [6, 6.07) is 0. The van der Waals surface area contributed by atoms with Gasteiger partial charge in [-0.1, -0.05) is 13.2 Å². The summed E-state index contributed by atoms with van der Waals surface area (Å²) in [5.41, 5.74) is 0. The van der Waals surface area contributed by atoms with E-state index in [4.69, 9.17) is 0 Å². The van der Waals surface area contributed by atoms with Crippen molar-refractivity contribution in [1.29, 1.82) is 0 Å². The van der Waals surface area contributed by atoms with Crippen LogP contribution in [0.3, 0.4) is 0 Å². The molecule has 0 aliphatic rings. The Balaban J connectivity index is 3.58. The summed E-state index contributed by atoms with van der Waals surface area (Å²) in [6.07, 6.45) is 0. The van der Waals surface area contributed by atoms with E-state index in [2.05, 4.69) is 33.8 Å². The Morgan fingerprint density at radius 1 is 1.57 bits per heavy atom. The number of ether oxygens (including phenoxy) is 1. The van der Waals surface area contributed by atoms with Crippen molar-refractivity contribution >= 4 is 15.9 Å². The minimum absolute atomic E-state index is 0.569. The van der Waals surface area contributed by atoms with Gasteiger partial charge in [0.05, 0.1) is 11.6 Å². The van der Waals surface area contributed by atoms with E-state index in [1.54, 1.807) is 7.11 Å². The SMILES string of the molecule is C=C(Br)C(=C)OC. The number of hydrogen-bond donors (Lipinski definition) is 0. The molecule has 0 atom stereocenters. The molecule has 7 heavy (non-hydrogen) atoms. The smallest absolute Gasteiger partial charge is 0.125 e. The Hall–Kier alpha value is -0.240. The second kappa shape index (κ2) is 2.86. The van der Waals surface area contributed by atoms with Crippen LogP contribution in [-0.4, -0.2) is 7.11 Å². The first-order valence-corrected chi connectivity index (χ1v) is 2.55. The van der Waals surface area contributed by atoms with Gasteiger partial charge >= 0.3 is 0 Å². The Morgan fingerprint density at radius 3 is 2.00 bits per heavy atom. The maximum absolute atomic E-state index is 4.67. The molecule has 0 N–H and O–H groups in total. The predicted molar refractivity (Wildman–Crippen MR) is 34.2 cm³/mol. The Morgan fingerprint density at radius 2 is 2.00 bits per heavy atom. The lowest BCUT2D eigenvalue weighted by molar-refractivity contribution is 0.307. The zero-order valence-electron chi connectivity index (χ0n) is 4.20. The maximum atomic E-state index is 4.67. The van der Waals surface area contributed by atoms with E-state index in [1.807, 2.05) is 0 Å². The summed E-state index contributed by atoms with van der Waals surface area (Å²) in [4.78, 5) is 0.